The van der Waals surface area contributed by atoms with Gasteiger partial charge in [-0.1, -0.05) is 19.9 Å². The Kier molecular flexibility index (Phi) is 3.12. The van der Waals surface area contributed by atoms with E-state index in [1.165, 1.54) is 0 Å². The number of carboxylic acid groups (broad SMARTS) is 1. The van der Waals surface area contributed by atoms with Crippen LogP contribution in [0.3, 0.4) is 0 Å². The quantitative estimate of drug-likeness (QED) is 0.614. The van der Waals surface area contributed by atoms with E-state index in [9.17, 15) is 14.7 Å². The van der Waals surface area contributed by atoms with Crippen LogP contribution >= 0.6 is 0 Å². The molecule has 0 radical (unpaired) electrons. The van der Waals surface area contributed by atoms with Crippen LogP contribution in [0.5, 0.6) is 0 Å². The van der Waals surface area contributed by atoms with Gasteiger partial charge in [-0.2, -0.15) is 0 Å². The lowest BCUT2D eigenvalue weighted by Gasteiger charge is -2.40. The van der Waals surface area contributed by atoms with Crippen molar-refractivity contribution in [3.8, 4) is 0 Å². The number of cyclic esters (lactones) is 1. The van der Waals surface area contributed by atoms with Crippen LogP contribution in [-0.4, -0.2) is 35.9 Å². The third-order valence-corrected chi connectivity index (χ3v) is 5.01. The van der Waals surface area contributed by atoms with Crippen molar-refractivity contribution in [2.24, 2.45) is 23.7 Å². The summed E-state index contributed by atoms with van der Waals surface area (Å²) in [6.45, 7) is 4.70. The van der Waals surface area contributed by atoms with Gasteiger partial charge in [0.05, 0.1) is 18.1 Å². The van der Waals surface area contributed by atoms with Crippen LogP contribution < -0.4 is 0 Å². The second-order valence-electron chi connectivity index (χ2n) is 6.46. The normalized spacial score (nSPS) is 39.9. The summed E-state index contributed by atoms with van der Waals surface area (Å²) in [4.78, 5) is 23.6. The predicted octanol–water partition coefficient (Wildman–Crippen LogP) is 1.62. The van der Waals surface area contributed by atoms with Crippen LogP contribution in [0.15, 0.2) is 11.6 Å². The Balaban J connectivity index is 2.01. The molecule has 1 saturated carbocycles. The fourth-order valence-corrected chi connectivity index (χ4v) is 3.80. The number of carbonyl (C=O) groups excluding carboxylic acids is 1. The van der Waals surface area contributed by atoms with Gasteiger partial charge in [-0.25, -0.2) is 4.79 Å². The smallest absolute Gasteiger partial charge is 0.334 e. The zero-order valence-corrected chi connectivity index (χ0v) is 11.8. The van der Waals surface area contributed by atoms with Crippen LogP contribution in [-0.2, 0) is 19.1 Å². The Morgan fingerprint density at radius 3 is 2.75 bits per heavy atom. The molecule has 5 heteroatoms. The summed E-state index contributed by atoms with van der Waals surface area (Å²) in [7, 11) is 0. The van der Waals surface area contributed by atoms with E-state index in [2.05, 4.69) is 13.8 Å². The molecule has 0 amide bonds. The molecule has 5 nitrogen and oxygen atoms in total. The highest BCUT2D eigenvalue weighted by atomic mass is 16.6. The van der Waals surface area contributed by atoms with Crippen LogP contribution in [0.2, 0.25) is 0 Å². The fraction of sp³-hybridized carbons (Fsp3) is 0.733. The highest BCUT2D eigenvalue weighted by Gasteiger charge is 2.62. The molecule has 3 aliphatic rings. The van der Waals surface area contributed by atoms with E-state index >= 15 is 0 Å². The molecule has 3 rings (SSSR count). The lowest BCUT2D eigenvalue weighted by Crippen LogP contribution is -2.45. The van der Waals surface area contributed by atoms with Crippen LogP contribution in [0.4, 0.5) is 0 Å². The minimum Gasteiger partial charge on any atom is -0.478 e. The highest BCUT2D eigenvalue weighted by molar-refractivity contribution is 5.88. The molecular formula is C15H20O5. The van der Waals surface area contributed by atoms with Crippen molar-refractivity contribution in [3.05, 3.63) is 11.6 Å². The number of hydrogen-bond donors (Lipinski definition) is 1. The van der Waals surface area contributed by atoms with Crippen molar-refractivity contribution in [2.75, 3.05) is 13.2 Å². The lowest BCUT2D eigenvalue weighted by molar-refractivity contribution is -0.154. The van der Waals surface area contributed by atoms with E-state index in [4.69, 9.17) is 9.47 Å². The zero-order chi connectivity index (χ0) is 14.5. The summed E-state index contributed by atoms with van der Waals surface area (Å²) in [5.41, 5.74) is -0.202. The van der Waals surface area contributed by atoms with E-state index in [-0.39, 0.29) is 30.0 Å². The molecule has 1 spiro atoms. The van der Waals surface area contributed by atoms with E-state index in [0.29, 0.717) is 18.4 Å². The third kappa shape index (κ3) is 2.04. The Bertz CT molecular complexity index is 475. The van der Waals surface area contributed by atoms with Gasteiger partial charge in [0.25, 0.3) is 0 Å². The summed E-state index contributed by atoms with van der Waals surface area (Å²) in [6.07, 6.45) is 3.59. The van der Waals surface area contributed by atoms with Gasteiger partial charge < -0.3 is 14.6 Å². The van der Waals surface area contributed by atoms with Crippen molar-refractivity contribution in [3.63, 3.8) is 0 Å². The molecular weight excluding hydrogens is 260 g/mol. The van der Waals surface area contributed by atoms with Crippen molar-refractivity contribution in [1.82, 2.24) is 0 Å². The van der Waals surface area contributed by atoms with Crippen LogP contribution in [0.25, 0.3) is 0 Å². The number of ether oxygens (including phenoxy) is 2. The van der Waals surface area contributed by atoms with Gasteiger partial charge in [0, 0.05) is 0 Å². The van der Waals surface area contributed by atoms with Gasteiger partial charge in [-0.15, -0.1) is 0 Å². The van der Waals surface area contributed by atoms with Crippen molar-refractivity contribution < 1.29 is 24.2 Å². The Morgan fingerprint density at radius 1 is 1.50 bits per heavy atom. The predicted molar refractivity (Wildman–Crippen MR) is 69.9 cm³/mol. The Labute approximate surface area is 117 Å². The molecule has 0 bridgehead atoms. The number of carbonyl (C=O) groups is 2. The molecule has 1 aliphatic carbocycles. The highest BCUT2D eigenvalue weighted by Crippen LogP contribution is 2.54. The summed E-state index contributed by atoms with van der Waals surface area (Å²) in [5.74, 6) is -1.04. The lowest BCUT2D eigenvalue weighted by atomic mass is 9.63. The van der Waals surface area contributed by atoms with Crippen molar-refractivity contribution in [2.45, 2.75) is 32.3 Å². The first-order valence-corrected chi connectivity index (χ1v) is 7.19. The summed E-state index contributed by atoms with van der Waals surface area (Å²) >= 11 is 0. The Morgan fingerprint density at radius 2 is 2.20 bits per heavy atom. The van der Waals surface area contributed by atoms with Crippen molar-refractivity contribution in [1.29, 1.82) is 0 Å². The largest absolute Gasteiger partial charge is 0.478 e. The molecule has 1 saturated heterocycles. The SMILES string of the molecule is CC(C)[C@H]1CC[C@@]2(CO2)[C@H]2C(=O)OCC(C(=O)O)=C[C@H]12. The number of epoxide rings is 1. The van der Waals surface area contributed by atoms with Crippen LogP contribution in [0, 0.1) is 23.7 Å². The van der Waals surface area contributed by atoms with Gasteiger partial charge in [0.2, 0.25) is 0 Å². The summed E-state index contributed by atoms with van der Waals surface area (Å²) in [5, 5.41) is 9.22. The average Bonchev–Trinajstić information content (AvgIpc) is 3.14. The molecule has 0 aromatic carbocycles. The van der Waals surface area contributed by atoms with Crippen LogP contribution in [0.1, 0.15) is 26.7 Å². The molecule has 0 aromatic rings. The minimum absolute atomic E-state index is 0.0904. The third-order valence-electron chi connectivity index (χ3n) is 5.01. The Hall–Kier alpha value is -1.36. The summed E-state index contributed by atoms with van der Waals surface area (Å²) < 4.78 is 10.8. The van der Waals surface area contributed by atoms with E-state index in [1.807, 2.05) is 0 Å². The molecule has 2 fully saturated rings. The maximum Gasteiger partial charge on any atom is 0.334 e. The first kappa shape index (κ1) is 13.6. The standard InChI is InChI=1S/C15H20O5/c1-8(2)10-3-4-15(7-20-15)12-11(10)5-9(13(16)17)6-19-14(12)18/h5,8,10-12H,3-4,6-7H2,1-2H3,(H,16,17)/t10-,11-,12-,15-/m1/s1. The number of fused-ring (bicyclic) bond motifs is 2. The molecule has 2 heterocycles. The number of hydrogen-bond acceptors (Lipinski definition) is 4. The first-order valence-electron chi connectivity index (χ1n) is 7.19. The number of esters is 1. The molecule has 110 valence electrons. The maximum absolute atomic E-state index is 12.3. The van der Waals surface area contributed by atoms with Crippen molar-refractivity contribution >= 4 is 11.9 Å². The molecule has 1 N–H and O–H groups in total. The molecule has 4 atom stereocenters. The van der Waals surface area contributed by atoms with E-state index in [1.54, 1.807) is 6.08 Å². The molecule has 20 heavy (non-hydrogen) atoms. The van der Waals surface area contributed by atoms with E-state index < -0.39 is 11.6 Å². The second-order valence-corrected chi connectivity index (χ2v) is 6.46. The monoisotopic (exact) mass is 280 g/mol. The molecule has 2 aliphatic heterocycles. The molecule has 0 aromatic heterocycles. The maximum atomic E-state index is 12.3. The number of carboxylic acids is 1. The van der Waals surface area contributed by atoms with Gasteiger partial charge in [0.15, 0.2) is 0 Å². The van der Waals surface area contributed by atoms with E-state index in [0.717, 1.165) is 12.8 Å². The van der Waals surface area contributed by atoms with Gasteiger partial charge in [-0.3, -0.25) is 4.79 Å². The average molecular weight is 280 g/mol. The second kappa shape index (κ2) is 4.58. The fourth-order valence-electron chi connectivity index (χ4n) is 3.80. The summed E-state index contributed by atoms with van der Waals surface area (Å²) in [6, 6.07) is 0. The number of rotatable bonds is 2. The van der Waals surface area contributed by atoms with Gasteiger partial charge in [0.1, 0.15) is 12.2 Å². The van der Waals surface area contributed by atoms with Gasteiger partial charge in [-0.05, 0) is 30.6 Å². The molecule has 0 unspecified atom stereocenters. The first-order chi connectivity index (χ1) is 9.44. The number of aliphatic carboxylic acids is 1. The topological polar surface area (TPSA) is 76.1 Å². The zero-order valence-electron chi connectivity index (χ0n) is 11.8. The van der Waals surface area contributed by atoms with Gasteiger partial charge >= 0.3 is 11.9 Å². The number of allylic oxidation sites excluding steroid dienone is 1. The minimum atomic E-state index is -1.00.